The second-order valence-corrected chi connectivity index (χ2v) is 7.23. The molecule has 1 saturated heterocycles. The van der Waals surface area contributed by atoms with Crippen LogP contribution in [0.15, 0.2) is 42.7 Å². The minimum atomic E-state index is -2.99. The summed E-state index contributed by atoms with van der Waals surface area (Å²) in [6, 6.07) is 7.80. The van der Waals surface area contributed by atoms with Gasteiger partial charge in [-0.05, 0) is 37.0 Å². The van der Waals surface area contributed by atoms with Crippen molar-refractivity contribution in [2.75, 3.05) is 13.1 Å². The smallest absolute Gasteiger partial charge is 0.274 e. The van der Waals surface area contributed by atoms with Gasteiger partial charge < -0.3 is 9.64 Å². The molecule has 0 N–H and O–H groups in total. The highest BCUT2D eigenvalue weighted by Crippen LogP contribution is 2.34. The van der Waals surface area contributed by atoms with E-state index in [1.54, 1.807) is 24.4 Å². The van der Waals surface area contributed by atoms with Crippen molar-refractivity contribution in [3.63, 3.8) is 0 Å². The maximum absolute atomic E-state index is 13.7. The van der Waals surface area contributed by atoms with E-state index in [1.807, 2.05) is 4.90 Å². The number of aromatic nitrogens is 1. The van der Waals surface area contributed by atoms with E-state index in [0.29, 0.717) is 17.0 Å². The Balaban J connectivity index is 1.69. The topological polar surface area (TPSA) is 42.4 Å². The molecule has 3 rings (SSSR count). The Bertz CT molecular complexity index is 797. The normalized spacial score (nSPS) is 15.6. The second-order valence-electron chi connectivity index (χ2n) is 7.23. The Morgan fingerprint density at radius 3 is 2.67 bits per heavy atom. The number of carbonyl (C=O) groups is 1. The lowest BCUT2D eigenvalue weighted by Gasteiger charge is -2.30. The first-order valence-corrected chi connectivity index (χ1v) is 9.18. The summed E-state index contributed by atoms with van der Waals surface area (Å²) < 4.78 is 33.0. The number of carbonyl (C=O) groups excluding carboxylic acids is 1. The molecule has 0 spiro atoms. The van der Waals surface area contributed by atoms with Gasteiger partial charge in [-0.15, -0.1) is 0 Å². The van der Waals surface area contributed by atoms with E-state index in [0.717, 1.165) is 32.9 Å². The summed E-state index contributed by atoms with van der Waals surface area (Å²) in [4.78, 5) is 18.6. The molecule has 0 radical (unpaired) electrons. The maximum Gasteiger partial charge on any atom is 0.274 e. The van der Waals surface area contributed by atoms with Crippen LogP contribution in [0, 0.1) is 5.92 Å². The van der Waals surface area contributed by atoms with E-state index in [1.165, 1.54) is 18.3 Å². The number of benzene rings is 1. The monoisotopic (exact) mass is 374 g/mol. The Labute approximate surface area is 158 Å². The SMILES string of the molecule is CC1CCN(C(=O)c2cncc(COc3ccccc3C(C)(F)F)c2)CC1. The van der Waals surface area contributed by atoms with E-state index in [-0.39, 0.29) is 23.8 Å². The third-order valence-electron chi connectivity index (χ3n) is 4.87. The third-order valence-corrected chi connectivity index (χ3v) is 4.87. The largest absolute Gasteiger partial charge is 0.488 e. The van der Waals surface area contributed by atoms with Crippen LogP contribution in [0.3, 0.4) is 0 Å². The molecule has 1 amide bonds. The van der Waals surface area contributed by atoms with Crippen LogP contribution in [-0.2, 0) is 12.5 Å². The Hall–Kier alpha value is -2.50. The minimum Gasteiger partial charge on any atom is -0.488 e. The number of pyridine rings is 1. The lowest BCUT2D eigenvalue weighted by atomic mass is 9.99. The molecular weight excluding hydrogens is 350 g/mol. The van der Waals surface area contributed by atoms with E-state index < -0.39 is 5.92 Å². The number of rotatable bonds is 5. The van der Waals surface area contributed by atoms with E-state index >= 15 is 0 Å². The number of amides is 1. The van der Waals surface area contributed by atoms with Crippen LogP contribution >= 0.6 is 0 Å². The summed E-state index contributed by atoms with van der Waals surface area (Å²) in [6.45, 7) is 4.60. The average molecular weight is 374 g/mol. The van der Waals surface area contributed by atoms with Gasteiger partial charge in [0.05, 0.1) is 11.1 Å². The lowest BCUT2D eigenvalue weighted by molar-refractivity contribution is 0.0142. The van der Waals surface area contributed by atoms with E-state index in [9.17, 15) is 13.6 Å². The highest BCUT2D eigenvalue weighted by atomic mass is 19.3. The predicted octanol–water partition coefficient (Wildman–Crippen LogP) is 4.64. The van der Waals surface area contributed by atoms with Gasteiger partial charge in [0, 0.05) is 38.0 Å². The molecule has 0 saturated carbocycles. The van der Waals surface area contributed by atoms with Crippen molar-refractivity contribution in [1.82, 2.24) is 9.88 Å². The molecule has 6 heteroatoms. The summed E-state index contributed by atoms with van der Waals surface area (Å²) in [6.07, 6.45) is 5.13. The van der Waals surface area contributed by atoms with Gasteiger partial charge in [-0.3, -0.25) is 9.78 Å². The van der Waals surface area contributed by atoms with Crippen LogP contribution < -0.4 is 4.74 Å². The van der Waals surface area contributed by atoms with Crippen molar-refractivity contribution in [2.45, 2.75) is 39.2 Å². The minimum absolute atomic E-state index is 0.0447. The first kappa shape index (κ1) is 19.3. The first-order valence-electron chi connectivity index (χ1n) is 9.18. The number of likely N-dealkylation sites (tertiary alicyclic amines) is 1. The molecule has 1 aliphatic heterocycles. The molecule has 2 heterocycles. The van der Waals surface area contributed by atoms with Crippen molar-refractivity contribution in [3.05, 3.63) is 59.4 Å². The van der Waals surface area contributed by atoms with Gasteiger partial charge >= 0.3 is 0 Å². The number of ether oxygens (including phenoxy) is 1. The van der Waals surface area contributed by atoms with Crippen molar-refractivity contribution < 1.29 is 18.3 Å². The molecule has 0 bridgehead atoms. The fourth-order valence-corrected chi connectivity index (χ4v) is 3.19. The number of halogens is 2. The summed E-state index contributed by atoms with van der Waals surface area (Å²) >= 11 is 0. The summed E-state index contributed by atoms with van der Waals surface area (Å²) in [7, 11) is 0. The highest BCUT2D eigenvalue weighted by Gasteiger charge is 2.28. The first-order chi connectivity index (χ1) is 12.8. The predicted molar refractivity (Wildman–Crippen MR) is 98.9 cm³/mol. The van der Waals surface area contributed by atoms with Gasteiger partial charge in [-0.1, -0.05) is 19.1 Å². The number of hydrogen-bond donors (Lipinski definition) is 0. The summed E-state index contributed by atoms with van der Waals surface area (Å²) in [5.74, 6) is -2.26. The van der Waals surface area contributed by atoms with Gasteiger partial charge in [0.25, 0.3) is 11.8 Å². The van der Waals surface area contributed by atoms with Crippen molar-refractivity contribution in [1.29, 1.82) is 0 Å². The van der Waals surface area contributed by atoms with E-state index in [2.05, 4.69) is 11.9 Å². The number of piperidine rings is 1. The van der Waals surface area contributed by atoms with Crippen LogP contribution in [0.2, 0.25) is 0 Å². The van der Waals surface area contributed by atoms with Crippen molar-refractivity contribution >= 4 is 5.91 Å². The molecule has 1 aromatic carbocycles. The van der Waals surface area contributed by atoms with Crippen LogP contribution in [0.25, 0.3) is 0 Å². The highest BCUT2D eigenvalue weighted by molar-refractivity contribution is 5.94. The third kappa shape index (κ3) is 4.81. The maximum atomic E-state index is 13.7. The molecule has 1 aliphatic rings. The van der Waals surface area contributed by atoms with Gasteiger partial charge in [-0.2, -0.15) is 0 Å². The second kappa shape index (κ2) is 8.03. The number of hydrogen-bond acceptors (Lipinski definition) is 3. The molecule has 27 heavy (non-hydrogen) atoms. The molecule has 1 fully saturated rings. The molecule has 144 valence electrons. The van der Waals surface area contributed by atoms with Gasteiger partial charge in [0.15, 0.2) is 0 Å². The van der Waals surface area contributed by atoms with Crippen LogP contribution in [-0.4, -0.2) is 28.9 Å². The van der Waals surface area contributed by atoms with Gasteiger partial charge in [-0.25, -0.2) is 8.78 Å². The number of alkyl halides is 2. The van der Waals surface area contributed by atoms with Crippen LogP contribution in [0.4, 0.5) is 8.78 Å². The molecule has 0 atom stereocenters. The molecule has 0 aliphatic carbocycles. The fraction of sp³-hybridized carbons (Fsp3) is 0.429. The summed E-state index contributed by atoms with van der Waals surface area (Å²) in [5, 5.41) is 0. The molecule has 2 aromatic rings. The van der Waals surface area contributed by atoms with E-state index in [4.69, 9.17) is 4.74 Å². The van der Waals surface area contributed by atoms with Crippen molar-refractivity contribution in [3.8, 4) is 5.75 Å². The van der Waals surface area contributed by atoms with Gasteiger partial charge in [0.1, 0.15) is 12.4 Å². The number of para-hydroxylation sites is 1. The molecular formula is C21H24F2N2O2. The lowest BCUT2D eigenvalue weighted by Crippen LogP contribution is -2.38. The Kier molecular flexibility index (Phi) is 5.73. The average Bonchev–Trinajstić information content (AvgIpc) is 2.66. The molecule has 0 unspecified atom stereocenters. The van der Waals surface area contributed by atoms with Crippen LogP contribution in [0.1, 0.15) is 48.2 Å². The Morgan fingerprint density at radius 2 is 1.96 bits per heavy atom. The zero-order valence-corrected chi connectivity index (χ0v) is 15.6. The molecule has 4 nitrogen and oxygen atoms in total. The quantitative estimate of drug-likeness (QED) is 0.765. The van der Waals surface area contributed by atoms with Crippen molar-refractivity contribution in [2.24, 2.45) is 5.92 Å². The zero-order valence-electron chi connectivity index (χ0n) is 15.6. The Morgan fingerprint density at radius 1 is 1.26 bits per heavy atom. The standard InChI is InChI=1S/C21H24F2N2O2/c1-15-7-9-25(10-8-15)20(26)17-11-16(12-24-13-17)14-27-19-6-4-3-5-18(19)21(2,22)23/h3-6,11-13,15H,7-10,14H2,1-2H3. The molecule has 1 aromatic heterocycles. The zero-order chi connectivity index (χ0) is 19.4. The number of nitrogens with zero attached hydrogens (tertiary/aromatic N) is 2. The summed E-state index contributed by atoms with van der Waals surface area (Å²) in [5.41, 5.74) is 1.01. The van der Waals surface area contributed by atoms with Crippen LogP contribution in [0.5, 0.6) is 5.75 Å². The van der Waals surface area contributed by atoms with Gasteiger partial charge in [0.2, 0.25) is 0 Å². The fourth-order valence-electron chi connectivity index (χ4n) is 3.19.